The molecule has 1 aliphatic rings. The van der Waals surface area contributed by atoms with Crippen LogP contribution in [0.4, 0.5) is 0 Å². The van der Waals surface area contributed by atoms with E-state index < -0.39 is 25.9 Å². The van der Waals surface area contributed by atoms with E-state index in [9.17, 15) is 21.9 Å². The molecule has 0 saturated heterocycles. The molecule has 1 aliphatic heterocycles. The van der Waals surface area contributed by atoms with Gasteiger partial charge in [0, 0.05) is 5.41 Å². The molecular weight excluding hydrogens is 278 g/mol. The summed E-state index contributed by atoms with van der Waals surface area (Å²) < 4.78 is 48.4. The Hall–Kier alpha value is -1.38. The minimum atomic E-state index is -3.84. The Kier molecular flexibility index (Phi) is 3.18. The highest BCUT2D eigenvalue weighted by atomic mass is 32.2. The monoisotopic (exact) mass is 289 g/mol. The maximum Gasteiger partial charge on any atom is 0.241 e. The van der Waals surface area contributed by atoms with Crippen LogP contribution in [-0.4, -0.2) is 33.7 Å². The first-order chi connectivity index (χ1) is 8.28. The minimum Gasteiger partial charge on any atom is -0.508 e. The number of benzene rings is 1. The normalized spacial score (nSPS) is 22.1. The molecule has 0 amide bonds. The van der Waals surface area contributed by atoms with E-state index in [4.69, 9.17) is 0 Å². The van der Waals surface area contributed by atoms with Gasteiger partial charge < -0.3 is 5.11 Å². The molecule has 0 radical (unpaired) electrons. The molecule has 1 unspecified atom stereocenters. The van der Waals surface area contributed by atoms with E-state index in [1.807, 2.05) is 0 Å². The molecule has 8 heteroatoms. The third-order valence-corrected chi connectivity index (χ3v) is 5.25. The number of phenolic OH excluding ortho intramolecular Hbond substituents is 1. The predicted molar refractivity (Wildman–Crippen MR) is 65.1 cm³/mol. The summed E-state index contributed by atoms with van der Waals surface area (Å²) in [7, 11) is -7.16. The maximum atomic E-state index is 11.9. The lowest BCUT2D eigenvalue weighted by Crippen LogP contribution is -2.35. The molecule has 0 saturated carbocycles. The van der Waals surface area contributed by atoms with Crippen LogP contribution in [0.5, 0.6) is 5.75 Å². The molecule has 0 aromatic heterocycles. The Morgan fingerprint density at radius 3 is 2.61 bits per heavy atom. The van der Waals surface area contributed by atoms with Crippen molar-refractivity contribution in [1.29, 1.82) is 0 Å². The van der Waals surface area contributed by atoms with Crippen molar-refractivity contribution >= 4 is 19.9 Å². The zero-order chi connectivity index (χ0) is 13.4. The first kappa shape index (κ1) is 13.1. The van der Waals surface area contributed by atoms with Crippen LogP contribution in [0.15, 0.2) is 40.6 Å². The van der Waals surface area contributed by atoms with Crippen molar-refractivity contribution in [2.45, 2.75) is 10.9 Å². The summed E-state index contributed by atoms with van der Waals surface area (Å²) >= 11 is 0. The molecule has 18 heavy (non-hydrogen) atoms. The average Bonchev–Trinajstić information content (AvgIpc) is 2.57. The van der Waals surface area contributed by atoms with Gasteiger partial charge in [-0.15, -0.1) is 0 Å². The van der Waals surface area contributed by atoms with Crippen molar-refractivity contribution < 1.29 is 21.9 Å². The Bertz CT molecular complexity index is 691. The molecular formula is C10H11NO5S2. The summed E-state index contributed by atoms with van der Waals surface area (Å²) in [5.74, 6) is -0.460. The molecule has 98 valence electrons. The van der Waals surface area contributed by atoms with Crippen molar-refractivity contribution in [3.05, 3.63) is 35.7 Å². The van der Waals surface area contributed by atoms with Crippen molar-refractivity contribution in [1.82, 2.24) is 4.72 Å². The van der Waals surface area contributed by atoms with Crippen molar-refractivity contribution in [2.24, 2.45) is 0 Å². The fourth-order valence-electron chi connectivity index (χ4n) is 1.57. The molecule has 2 N–H and O–H groups in total. The van der Waals surface area contributed by atoms with Crippen LogP contribution in [0.3, 0.4) is 0 Å². The third-order valence-electron chi connectivity index (χ3n) is 2.36. The minimum absolute atomic E-state index is 0.111. The Morgan fingerprint density at radius 1 is 1.33 bits per heavy atom. The molecule has 1 aromatic rings. The van der Waals surface area contributed by atoms with Crippen molar-refractivity contribution in [2.75, 3.05) is 5.75 Å². The predicted octanol–water partition coefficient (Wildman–Crippen LogP) is -0.0188. The fraction of sp³-hybridized carbons (Fsp3) is 0.200. The van der Waals surface area contributed by atoms with Crippen LogP contribution in [0.25, 0.3) is 0 Å². The zero-order valence-corrected chi connectivity index (χ0v) is 10.8. The molecule has 6 nitrogen and oxygen atoms in total. The van der Waals surface area contributed by atoms with Crippen LogP contribution < -0.4 is 4.72 Å². The van der Waals surface area contributed by atoms with Gasteiger partial charge in [-0.25, -0.2) is 21.6 Å². The second kappa shape index (κ2) is 4.38. The summed E-state index contributed by atoms with van der Waals surface area (Å²) in [4.78, 5) is -0.111. The van der Waals surface area contributed by atoms with E-state index in [0.29, 0.717) is 0 Å². The number of sulfone groups is 1. The molecule has 0 bridgehead atoms. The summed E-state index contributed by atoms with van der Waals surface area (Å²) in [6.07, 6.45) is 1.29. The topological polar surface area (TPSA) is 101 Å². The van der Waals surface area contributed by atoms with Crippen LogP contribution in [0.1, 0.15) is 0 Å². The number of nitrogens with one attached hydrogen (secondary N) is 1. The summed E-state index contributed by atoms with van der Waals surface area (Å²) in [5, 5.41) is 10.2. The van der Waals surface area contributed by atoms with Gasteiger partial charge in [0.15, 0.2) is 9.84 Å². The van der Waals surface area contributed by atoms with Crippen molar-refractivity contribution in [3.63, 3.8) is 0 Å². The first-order valence-corrected chi connectivity index (χ1v) is 8.21. The largest absolute Gasteiger partial charge is 0.508 e. The first-order valence-electron chi connectivity index (χ1n) is 5.01. The van der Waals surface area contributed by atoms with E-state index >= 15 is 0 Å². The van der Waals surface area contributed by atoms with Gasteiger partial charge in [-0.2, -0.15) is 0 Å². The molecule has 1 atom stereocenters. The average molecular weight is 289 g/mol. The quantitative estimate of drug-likeness (QED) is 0.814. The second-order valence-corrected chi connectivity index (χ2v) is 7.53. The molecule has 2 rings (SSSR count). The Labute approximate surface area is 105 Å². The van der Waals surface area contributed by atoms with E-state index in [-0.39, 0.29) is 16.4 Å². The summed E-state index contributed by atoms with van der Waals surface area (Å²) in [6.45, 7) is 0. The molecule has 1 heterocycles. The third kappa shape index (κ3) is 2.89. The van der Waals surface area contributed by atoms with Gasteiger partial charge in [0.2, 0.25) is 10.0 Å². The van der Waals surface area contributed by atoms with Gasteiger partial charge in [0.1, 0.15) is 5.75 Å². The lowest BCUT2D eigenvalue weighted by molar-refractivity contribution is 0.473. The van der Waals surface area contributed by atoms with Gasteiger partial charge in [-0.05, 0) is 18.2 Å². The van der Waals surface area contributed by atoms with E-state index in [1.54, 1.807) is 0 Å². The Balaban J connectivity index is 2.22. The summed E-state index contributed by atoms with van der Waals surface area (Å²) in [5.41, 5.74) is 0. The molecule has 0 aliphatic carbocycles. The van der Waals surface area contributed by atoms with E-state index in [2.05, 4.69) is 4.72 Å². The van der Waals surface area contributed by atoms with Crippen LogP contribution >= 0.6 is 0 Å². The number of sulfonamides is 1. The maximum absolute atomic E-state index is 11.9. The smallest absolute Gasteiger partial charge is 0.241 e. The van der Waals surface area contributed by atoms with E-state index in [1.165, 1.54) is 24.3 Å². The number of rotatable bonds is 3. The van der Waals surface area contributed by atoms with E-state index in [0.717, 1.165) is 11.5 Å². The number of aromatic hydroxyl groups is 1. The fourth-order valence-corrected chi connectivity index (χ4v) is 4.14. The Morgan fingerprint density at radius 2 is 2.06 bits per heavy atom. The summed E-state index contributed by atoms with van der Waals surface area (Å²) in [6, 6.07) is 4.37. The highest BCUT2D eigenvalue weighted by Gasteiger charge is 2.26. The van der Waals surface area contributed by atoms with Crippen LogP contribution in [-0.2, 0) is 19.9 Å². The van der Waals surface area contributed by atoms with Gasteiger partial charge >= 0.3 is 0 Å². The SMILES string of the molecule is O=S1(=O)C=CC(NS(=O)(=O)c2cccc(O)c2)C1. The lowest BCUT2D eigenvalue weighted by Gasteiger charge is -2.10. The van der Waals surface area contributed by atoms with Crippen molar-refractivity contribution in [3.8, 4) is 5.75 Å². The van der Waals surface area contributed by atoms with Gasteiger partial charge in [-0.3, -0.25) is 0 Å². The molecule has 0 fully saturated rings. The standard InChI is InChI=1S/C10H11NO5S2/c12-9-2-1-3-10(6-9)18(15,16)11-8-4-5-17(13,14)7-8/h1-6,8,11-12H,7H2. The van der Waals surface area contributed by atoms with Gasteiger partial charge in [0.05, 0.1) is 16.7 Å². The number of hydrogen-bond acceptors (Lipinski definition) is 5. The second-order valence-electron chi connectivity index (χ2n) is 3.88. The van der Waals surface area contributed by atoms with Crippen LogP contribution in [0, 0.1) is 0 Å². The lowest BCUT2D eigenvalue weighted by atomic mass is 10.3. The zero-order valence-electron chi connectivity index (χ0n) is 9.15. The van der Waals surface area contributed by atoms with Gasteiger partial charge in [0.25, 0.3) is 0 Å². The highest BCUT2D eigenvalue weighted by molar-refractivity contribution is 7.94. The molecule has 0 spiro atoms. The molecule has 1 aromatic carbocycles. The highest BCUT2D eigenvalue weighted by Crippen LogP contribution is 2.17. The number of phenols is 1. The number of hydrogen-bond donors (Lipinski definition) is 2. The van der Waals surface area contributed by atoms with Gasteiger partial charge in [-0.1, -0.05) is 12.1 Å². The van der Waals surface area contributed by atoms with Crippen LogP contribution in [0.2, 0.25) is 0 Å².